The highest BCUT2D eigenvalue weighted by atomic mass is 32.2. The molecular formula is C21H31N3O4S. The third-order valence-electron chi connectivity index (χ3n) is 5.51. The average Bonchev–Trinajstić information content (AvgIpc) is 3.11. The molecule has 2 aliphatic rings. The second-order valence-electron chi connectivity index (χ2n) is 7.68. The number of carbonyl (C=O) groups excluding carboxylic acids is 2. The van der Waals surface area contributed by atoms with Crippen molar-refractivity contribution in [1.82, 2.24) is 14.7 Å². The summed E-state index contributed by atoms with van der Waals surface area (Å²) in [5.41, 5.74) is 0.968. The van der Waals surface area contributed by atoms with Crippen LogP contribution < -0.4 is 9.47 Å². The highest BCUT2D eigenvalue weighted by Gasteiger charge is 2.35. The van der Waals surface area contributed by atoms with Gasteiger partial charge in [0.2, 0.25) is 11.8 Å². The molecule has 160 valence electrons. The van der Waals surface area contributed by atoms with Crippen LogP contribution in [0.25, 0.3) is 0 Å². The number of thioether (sulfide) groups is 1. The first-order valence-corrected chi connectivity index (χ1v) is 11.1. The molecule has 0 saturated carbocycles. The van der Waals surface area contributed by atoms with E-state index in [4.69, 9.17) is 9.47 Å². The molecule has 0 bridgehead atoms. The van der Waals surface area contributed by atoms with Gasteiger partial charge in [0.05, 0.1) is 20.0 Å². The van der Waals surface area contributed by atoms with Crippen molar-refractivity contribution in [3.63, 3.8) is 0 Å². The summed E-state index contributed by atoms with van der Waals surface area (Å²) in [6.07, 6.45) is 0. The molecule has 0 spiro atoms. The first-order valence-electron chi connectivity index (χ1n) is 10.1. The molecule has 7 nitrogen and oxygen atoms in total. The lowest BCUT2D eigenvalue weighted by molar-refractivity contribution is -0.136. The fourth-order valence-electron chi connectivity index (χ4n) is 3.79. The van der Waals surface area contributed by atoms with Gasteiger partial charge in [-0.2, -0.15) is 0 Å². The highest BCUT2D eigenvalue weighted by molar-refractivity contribution is 8.00. The van der Waals surface area contributed by atoms with Crippen molar-refractivity contribution in [2.24, 2.45) is 5.92 Å². The molecular weight excluding hydrogens is 390 g/mol. The number of amides is 2. The SMILES string of the molecule is COc1ccc(OC)c([C@@H]2SCC(=O)N2CCN2CCN(C(=O)C(C)C)CC2)c1. The fourth-order valence-corrected chi connectivity index (χ4v) is 5.03. The number of nitrogens with zero attached hydrogens (tertiary/aromatic N) is 3. The van der Waals surface area contributed by atoms with Crippen LogP contribution in [-0.2, 0) is 9.59 Å². The molecule has 8 heteroatoms. The summed E-state index contributed by atoms with van der Waals surface area (Å²) in [7, 11) is 3.29. The van der Waals surface area contributed by atoms with Crippen molar-refractivity contribution in [3.05, 3.63) is 23.8 Å². The van der Waals surface area contributed by atoms with Gasteiger partial charge in [0, 0.05) is 50.7 Å². The van der Waals surface area contributed by atoms with Gasteiger partial charge in [0.25, 0.3) is 0 Å². The Morgan fingerprint density at radius 3 is 2.48 bits per heavy atom. The Morgan fingerprint density at radius 1 is 1.14 bits per heavy atom. The van der Waals surface area contributed by atoms with Gasteiger partial charge in [-0.3, -0.25) is 14.5 Å². The van der Waals surface area contributed by atoms with Crippen LogP contribution in [0.1, 0.15) is 24.8 Å². The number of rotatable bonds is 7. The van der Waals surface area contributed by atoms with Crippen molar-refractivity contribution in [1.29, 1.82) is 0 Å². The molecule has 2 saturated heterocycles. The van der Waals surface area contributed by atoms with Crippen LogP contribution >= 0.6 is 11.8 Å². The minimum absolute atomic E-state index is 0.0411. The Labute approximate surface area is 177 Å². The van der Waals surface area contributed by atoms with Crippen molar-refractivity contribution in [2.45, 2.75) is 19.2 Å². The van der Waals surface area contributed by atoms with E-state index in [1.165, 1.54) is 0 Å². The first kappa shape index (κ1) is 21.8. The molecule has 0 aliphatic carbocycles. The molecule has 0 N–H and O–H groups in total. The lowest BCUT2D eigenvalue weighted by Gasteiger charge is -2.36. The largest absolute Gasteiger partial charge is 0.497 e. The summed E-state index contributed by atoms with van der Waals surface area (Å²) in [4.78, 5) is 30.9. The van der Waals surface area contributed by atoms with E-state index < -0.39 is 0 Å². The van der Waals surface area contributed by atoms with Crippen molar-refractivity contribution >= 4 is 23.6 Å². The van der Waals surface area contributed by atoms with Crippen LogP contribution in [0.3, 0.4) is 0 Å². The molecule has 0 radical (unpaired) electrons. The van der Waals surface area contributed by atoms with Gasteiger partial charge in [0.1, 0.15) is 16.9 Å². The summed E-state index contributed by atoms with van der Waals surface area (Å²) < 4.78 is 10.9. The number of carbonyl (C=O) groups is 2. The van der Waals surface area contributed by atoms with Crippen LogP contribution in [0.2, 0.25) is 0 Å². The number of piperazine rings is 1. The maximum absolute atomic E-state index is 12.6. The Balaban J connectivity index is 1.62. The van der Waals surface area contributed by atoms with Crippen LogP contribution in [0, 0.1) is 5.92 Å². The smallest absolute Gasteiger partial charge is 0.233 e. The maximum Gasteiger partial charge on any atom is 0.233 e. The van der Waals surface area contributed by atoms with E-state index in [1.807, 2.05) is 41.8 Å². The van der Waals surface area contributed by atoms with Gasteiger partial charge < -0.3 is 19.3 Å². The number of ether oxygens (including phenoxy) is 2. The number of methoxy groups -OCH3 is 2. The molecule has 3 rings (SSSR count). The van der Waals surface area contributed by atoms with Gasteiger partial charge in [-0.05, 0) is 18.2 Å². The zero-order valence-corrected chi connectivity index (χ0v) is 18.5. The third-order valence-corrected chi connectivity index (χ3v) is 6.74. The van der Waals surface area contributed by atoms with Crippen molar-refractivity contribution < 1.29 is 19.1 Å². The van der Waals surface area contributed by atoms with Gasteiger partial charge in [-0.1, -0.05) is 13.8 Å². The van der Waals surface area contributed by atoms with E-state index in [-0.39, 0.29) is 23.1 Å². The highest BCUT2D eigenvalue weighted by Crippen LogP contribution is 2.43. The zero-order chi connectivity index (χ0) is 21.0. The van der Waals surface area contributed by atoms with Crippen LogP contribution in [-0.4, -0.2) is 85.8 Å². The minimum atomic E-state index is -0.0728. The van der Waals surface area contributed by atoms with Gasteiger partial charge in [0.15, 0.2) is 0 Å². The van der Waals surface area contributed by atoms with Gasteiger partial charge >= 0.3 is 0 Å². The zero-order valence-electron chi connectivity index (χ0n) is 17.7. The van der Waals surface area contributed by atoms with E-state index in [0.717, 1.165) is 49.8 Å². The van der Waals surface area contributed by atoms with Gasteiger partial charge in [-0.15, -0.1) is 11.8 Å². The quantitative estimate of drug-likeness (QED) is 0.672. The molecule has 2 fully saturated rings. The normalized spacial score (nSPS) is 20.4. The summed E-state index contributed by atoms with van der Waals surface area (Å²) >= 11 is 1.62. The Bertz CT molecular complexity index is 735. The van der Waals surface area contributed by atoms with E-state index in [9.17, 15) is 9.59 Å². The Kier molecular flexibility index (Phi) is 7.29. The average molecular weight is 422 g/mol. The lowest BCUT2D eigenvalue weighted by atomic mass is 10.1. The molecule has 2 aliphatic heterocycles. The number of hydrogen-bond acceptors (Lipinski definition) is 6. The summed E-state index contributed by atoms with van der Waals surface area (Å²) in [5.74, 6) is 2.41. The van der Waals surface area contributed by atoms with Crippen LogP contribution in [0.4, 0.5) is 0 Å². The van der Waals surface area contributed by atoms with E-state index >= 15 is 0 Å². The van der Waals surface area contributed by atoms with Gasteiger partial charge in [-0.25, -0.2) is 0 Å². The molecule has 2 amide bonds. The first-order chi connectivity index (χ1) is 13.9. The predicted octanol–water partition coefficient (Wildman–Crippen LogP) is 2.08. The molecule has 29 heavy (non-hydrogen) atoms. The monoisotopic (exact) mass is 421 g/mol. The van der Waals surface area contributed by atoms with E-state index in [2.05, 4.69) is 4.90 Å². The molecule has 0 unspecified atom stereocenters. The Hall–Kier alpha value is -1.93. The lowest BCUT2D eigenvalue weighted by Crippen LogP contribution is -2.51. The minimum Gasteiger partial charge on any atom is -0.497 e. The number of benzene rings is 1. The molecule has 1 aromatic rings. The summed E-state index contributed by atoms with van der Waals surface area (Å²) in [5, 5.41) is -0.0728. The molecule has 2 heterocycles. The van der Waals surface area contributed by atoms with Crippen LogP contribution in [0.15, 0.2) is 18.2 Å². The Morgan fingerprint density at radius 2 is 1.86 bits per heavy atom. The van der Waals surface area contributed by atoms with E-state index in [1.54, 1.807) is 26.0 Å². The van der Waals surface area contributed by atoms with Crippen LogP contribution in [0.5, 0.6) is 11.5 Å². The predicted molar refractivity (Wildman–Crippen MR) is 114 cm³/mol. The second kappa shape index (κ2) is 9.71. The second-order valence-corrected chi connectivity index (χ2v) is 8.75. The number of hydrogen-bond donors (Lipinski definition) is 0. The van der Waals surface area contributed by atoms with Crippen molar-refractivity contribution in [2.75, 3.05) is 59.2 Å². The van der Waals surface area contributed by atoms with E-state index in [0.29, 0.717) is 12.3 Å². The van der Waals surface area contributed by atoms with Crippen molar-refractivity contribution in [3.8, 4) is 11.5 Å². The standard InChI is InChI=1S/C21H31N3O4S/c1-15(2)20(26)23-10-7-22(8-11-23)9-12-24-19(25)14-29-21(24)17-13-16(27-3)5-6-18(17)28-4/h5-6,13,15,21H,7-12,14H2,1-4H3/t21-/m0/s1. The molecule has 0 aromatic heterocycles. The molecule has 1 aromatic carbocycles. The third kappa shape index (κ3) is 4.98. The summed E-state index contributed by atoms with van der Waals surface area (Å²) in [6.45, 7) is 8.56. The topological polar surface area (TPSA) is 62.3 Å². The maximum atomic E-state index is 12.6. The molecule has 1 atom stereocenters. The summed E-state index contributed by atoms with van der Waals surface area (Å²) in [6, 6.07) is 5.71. The fraction of sp³-hybridized carbons (Fsp3) is 0.619.